The van der Waals surface area contributed by atoms with E-state index in [1.54, 1.807) is 43.5 Å². The fourth-order valence-corrected chi connectivity index (χ4v) is 2.95. The first-order chi connectivity index (χ1) is 14.2. The highest BCUT2D eigenvalue weighted by atomic mass is 16.5. The highest BCUT2D eigenvalue weighted by Gasteiger charge is 2.11. The molecule has 1 fully saturated rings. The van der Waals surface area contributed by atoms with Crippen LogP contribution in [0.2, 0.25) is 0 Å². The Hall–Kier alpha value is -2.97. The zero-order chi connectivity index (χ0) is 20.5. The summed E-state index contributed by atoms with van der Waals surface area (Å²) in [4.78, 5) is 30.7. The van der Waals surface area contributed by atoms with E-state index in [1.165, 1.54) is 6.20 Å². The van der Waals surface area contributed by atoms with Crippen molar-refractivity contribution < 1.29 is 19.1 Å². The Morgan fingerprint density at radius 2 is 1.86 bits per heavy atom. The molecular formula is C21H26N4O4. The van der Waals surface area contributed by atoms with Crippen LogP contribution in [0, 0.1) is 0 Å². The number of hydrogen-bond donors (Lipinski definition) is 2. The molecule has 0 saturated carbocycles. The molecule has 1 aliphatic rings. The Morgan fingerprint density at radius 3 is 2.59 bits per heavy atom. The number of pyridine rings is 1. The third-order valence-electron chi connectivity index (χ3n) is 4.52. The first kappa shape index (κ1) is 20.8. The number of aromatic nitrogens is 1. The third-order valence-corrected chi connectivity index (χ3v) is 4.52. The van der Waals surface area contributed by atoms with Gasteiger partial charge >= 0.3 is 5.97 Å². The summed E-state index contributed by atoms with van der Waals surface area (Å²) < 4.78 is 10.3. The number of morpholine rings is 1. The molecule has 1 aromatic heterocycles. The average molecular weight is 398 g/mol. The van der Waals surface area contributed by atoms with Crippen LogP contribution < -0.4 is 10.6 Å². The van der Waals surface area contributed by atoms with Crippen molar-refractivity contribution in [3.63, 3.8) is 0 Å². The number of nitrogens with zero attached hydrogens (tertiary/aromatic N) is 2. The fourth-order valence-electron chi connectivity index (χ4n) is 2.95. The monoisotopic (exact) mass is 398 g/mol. The van der Waals surface area contributed by atoms with Gasteiger partial charge in [-0.15, -0.1) is 0 Å². The first-order valence-corrected chi connectivity index (χ1v) is 9.73. The summed E-state index contributed by atoms with van der Waals surface area (Å²) in [5.41, 5.74) is 2.28. The number of nitrogens with one attached hydrogen (secondary N) is 2. The van der Waals surface area contributed by atoms with Crippen molar-refractivity contribution >= 4 is 23.3 Å². The Morgan fingerprint density at radius 1 is 1.10 bits per heavy atom. The highest BCUT2D eigenvalue weighted by molar-refractivity contribution is 6.04. The van der Waals surface area contributed by atoms with Crippen molar-refractivity contribution in [2.45, 2.75) is 6.92 Å². The molecule has 1 aromatic carbocycles. The van der Waals surface area contributed by atoms with Crippen LogP contribution in [-0.2, 0) is 9.47 Å². The summed E-state index contributed by atoms with van der Waals surface area (Å²) in [5.74, 6) is -0.649. The maximum absolute atomic E-state index is 12.5. The van der Waals surface area contributed by atoms with Crippen molar-refractivity contribution in [2.24, 2.45) is 0 Å². The SMILES string of the molecule is CCOC(=O)c1ccc(NC(=O)c2cncc(NCCN3CCOCC3)c2)cc1. The molecule has 2 N–H and O–H groups in total. The zero-order valence-electron chi connectivity index (χ0n) is 16.5. The molecule has 2 heterocycles. The van der Waals surface area contributed by atoms with Crippen LogP contribution in [0.25, 0.3) is 0 Å². The lowest BCUT2D eigenvalue weighted by Gasteiger charge is -2.26. The van der Waals surface area contributed by atoms with Crippen LogP contribution in [-0.4, -0.2) is 67.8 Å². The van der Waals surface area contributed by atoms with Gasteiger partial charge in [0.15, 0.2) is 0 Å². The summed E-state index contributed by atoms with van der Waals surface area (Å²) in [7, 11) is 0. The Kier molecular flexibility index (Phi) is 7.54. The number of ether oxygens (including phenoxy) is 2. The smallest absolute Gasteiger partial charge is 0.338 e. The normalized spacial score (nSPS) is 14.2. The Labute approximate surface area is 170 Å². The number of carbonyl (C=O) groups excluding carboxylic acids is 2. The average Bonchev–Trinajstić information content (AvgIpc) is 2.75. The molecule has 0 aliphatic carbocycles. The number of rotatable bonds is 8. The number of carbonyl (C=O) groups is 2. The van der Waals surface area contributed by atoms with Gasteiger partial charge in [-0.1, -0.05) is 0 Å². The van der Waals surface area contributed by atoms with Gasteiger partial charge in [0.2, 0.25) is 0 Å². The lowest BCUT2D eigenvalue weighted by atomic mass is 10.2. The maximum Gasteiger partial charge on any atom is 0.338 e. The molecule has 1 amide bonds. The molecule has 0 radical (unpaired) electrons. The van der Waals surface area contributed by atoms with Crippen molar-refractivity contribution in [1.29, 1.82) is 0 Å². The standard InChI is InChI=1S/C21H26N4O4/c1-2-29-21(27)16-3-5-18(6-4-16)24-20(26)17-13-19(15-22-14-17)23-7-8-25-9-11-28-12-10-25/h3-6,13-15,23H,2,7-12H2,1H3,(H,24,26). The van der Waals surface area contributed by atoms with E-state index in [2.05, 4.69) is 20.5 Å². The van der Waals surface area contributed by atoms with Crippen molar-refractivity contribution in [3.8, 4) is 0 Å². The number of amides is 1. The van der Waals surface area contributed by atoms with Gasteiger partial charge in [0.05, 0.1) is 36.6 Å². The van der Waals surface area contributed by atoms with E-state index < -0.39 is 0 Å². The lowest BCUT2D eigenvalue weighted by molar-refractivity contribution is 0.0398. The lowest BCUT2D eigenvalue weighted by Crippen LogP contribution is -2.39. The van der Waals surface area contributed by atoms with Crippen LogP contribution in [0.4, 0.5) is 11.4 Å². The molecule has 1 saturated heterocycles. The van der Waals surface area contributed by atoms with Crippen LogP contribution >= 0.6 is 0 Å². The predicted octanol–water partition coefficient (Wildman–Crippen LogP) is 2.25. The Balaban J connectivity index is 1.52. The van der Waals surface area contributed by atoms with Gasteiger partial charge in [-0.2, -0.15) is 0 Å². The molecule has 154 valence electrons. The van der Waals surface area contributed by atoms with Crippen LogP contribution in [0.3, 0.4) is 0 Å². The zero-order valence-corrected chi connectivity index (χ0v) is 16.5. The molecule has 1 aliphatic heterocycles. The summed E-state index contributed by atoms with van der Waals surface area (Å²) in [5, 5.41) is 6.12. The van der Waals surface area contributed by atoms with E-state index in [9.17, 15) is 9.59 Å². The fraction of sp³-hybridized carbons (Fsp3) is 0.381. The van der Waals surface area contributed by atoms with Gasteiger partial charge in [-0.05, 0) is 37.3 Å². The molecule has 0 spiro atoms. The van der Waals surface area contributed by atoms with Gasteiger partial charge in [-0.3, -0.25) is 14.7 Å². The second-order valence-corrected chi connectivity index (χ2v) is 6.60. The minimum Gasteiger partial charge on any atom is -0.462 e. The van der Waals surface area contributed by atoms with E-state index in [4.69, 9.17) is 9.47 Å². The molecule has 0 unspecified atom stereocenters. The van der Waals surface area contributed by atoms with Crippen molar-refractivity contribution in [1.82, 2.24) is 9.88 Å². The molecule has 0 atom stereocenters. The summed E-state index contributed by atoms with van der Waals surface area (Å²) in [6.45, 7) is 7.19. The molecule has 8 nitrogen and oxygen atoms in total. The number of esters is 1. The number of anilines is 2. The topological polar surface area (TPSA) is 92.8 Å². The number of benzene rings is 1. The van der Waals surface area contributed by atoms with E-state index in [-0.39, 0.29) is 11.9 Å². The molecule has 3 rings (SSSR count). The molecule has 29 heavy (non-hydrogen) atoms. The van der Waals surface area contributed by atoms with Crippen molar-refractivity contribution in [2.75, 3.05) is 56.6 Å². The van der Waals surface area contributed by atoms with E-state index in [0.29, 0.717) is 23.4 Å². The van der Waals surface area contributed by atoms with E-state index in [1.807, 2.05) is 0 Å². The molecule has 8 heteroatoms. The third kappa shape index (κ3) is 6.27. The molecular weight excluding hydrogens is 372 g/mol. The largest absolute Gasteiger partial charge is 0.462 e. The molecule has 2 aromatic rings. The quantitative estimate of drug-likeness (QED) is 0.659. The van der Waals surface area contributed by atoms with Crippen LogP contribution in [0.15, 0.2) is 42.7 Å². The van der Waals surface area contributed by atoms with Crippen molar-refractivity contribution in [3.05, 3.63) is 53.9 Å². The maximum atomic E-state index is 12.5. The number of hydrogen-bond acceptors (Lipinski definition) is 7. The second-order valence-electron chi connectivity index (χ2n) is 6.60. The van der Waals surface area contributed by atoms with Gasteiger partial charge in [0, 0.05) is 44.3 Å². The first-order valence-electron chi connectivity index (χ1n) is 9.73. The van der Waals surface area contributed by atoms with Crippen LogP contribution in [0.1, 0.15) is 27.6 Å². The minimum atomic E-state index is -0.384. The summed E-state index contributed by atoms with van der Waals surface area (Å²) >= 11 is 0. The van der Waals surface area contributed by atoms with Gasteiger partial charge in [-0.25, -0.2) is 4.79 Å². The van der Waals surface area contributed by atoms with Gasteiger partial charge < -0.3 is 20.1 Å². The van der Waals surface area contributed by atoms with Crippen LogP contribution in [0.5, 0.6) is 0 Å². The predicted molar refractivity (Wildman–Crippen MR) is 110 cm³/mol. The summed E-state index contributed by atoms with van der Waals surface area (Å²) in [6, 6.07) is 8.35. The highest BCUT2D eigenvalue weighted by Crippen LogP contribution is 2.14. The minimum absolute atomic E-state index is 0.266. The van der Waals surface area contributed by atoms with Gasteiger partial charge in [0.1, 0.15) is 0 Å². The second kappa shape index (κ2) is 10.5. The summed E-state index contributed by atoms with van der Waals surface area (Å²) in [6.07, 6.45) is 3.22. The molecule has 0 bridgehead atoms. The van der Waals surface area contributed by atoms with E-state index >= 15 is 0 Å². The Bertz CT molecular complexity index is 820. The van der Waals surface area contributed by atoms with Gasteiger partial charge in [0.25, 0.3) is 5.91 Å². The van der Waals surface area contributed by atoms with E-state index in [0.717, 1.165) is 45.1 Å².